The third-order valence-electron chi connectivity index (χ3n) is 2.25. The summed E-state index contributed by atoms with van der Waals surface area (Å²) in [4.78, 5) is 14.5. The number of hydrogen-bond donors (Lipinski definition) is 1. The van der Waals surface area contributed by atoms with E-state index in [-0.39, 0.29) is 6.42 Å². The van der Waals surface area contributed by atoms with Crippen molar-refractivity contribution < 1.29 is 9.53 Å². The largest absolute Gasteiger partial charge is 0.541 e. The maximum atomic E-state index is 10.4. The second kappa shape index (κ2) is 4.61. The molecule has 0 unspecified atom stereocenters. The van der Waals surface area contributed by atoms with Crippen LogP contribution in [0.25, 0.3) is 0 Å². The summed E-state index contributed by atoms with van der Waals surface area (Å²) in [6.45, 7) is 0. The van der Waals surface area contributed by atoms with Crippen molar-refractivity contribution in [3.05, 3.63) is 41.7 Å². The Kier molecular flexibility index (Phi) is 3.00. The molecule has 0 atom stereocenters. The van der Waals surface area contributed by atoms with Crippen LogP contribution in [-0.4, -0.2) is 19.3 Å². The summed E-state index contributed by atoms with van der Waals surface area (Å²) in [5.41, 5.74) is 2.46. The Balaban J connectivity index is 2.44. The van der Waals surface area contributed by atoms with E-state index in [1.165, 1.54) is 0 Å². The number of carbonyl (C=O) groups excluding carboxylic acids is 1. The first-order chi connectivity index (χ1) is 7.85. The first kappa shape index (κ1) is 10.4. The second-order valence-corrected chi connectivity index (χ2v) is 3.28. The number of allylic oxidation sites excluding steroid dienone is 1. The number of nitrogens with zero attached hydrogens (tertiary/aromatic N) is 1. The molecule has 1 N–H and O–H groups in total. The van der Waals surface area contributed by atoms with Crippen LogP contribution in [-0.2, 0) is 9.53 Å². The molecule has 82 valence electrons. The van der Waals surface area contributed by atoms with Gasteiger partial charge in [-0.05, 0) is 12.1 Å². The second-order valence-electron chi connectivity index (χ2n) is 3.28. The van der Waals surface area contributed by atoms with Crippen molar-refractivity contribution in [2.24, 2.45) is 4.99 Å². The fourth-order valence-electron chi connectivity index (χ4n) is 1.52. The summed E-state index contributed by atoms with van der Waals surface area (Å²) < 4.78 is 5.19. The quantitative estimate of drug-likeness (QED) is 0.766. The van der Waals surface area contributed by atoms with E-state index in [0.717, 1.165) is 11.3 Å². The lowest BCUT2D eigenvalue weighted by atomic mass is 10.1. The van der Waals surface area contributed by atoms with E-state index in [4.69, 9.17) is 4.74 Å². The van der Waals surface area contributed by atoms with Gasteiger partial charge in [-0.3, -0.25) is 6.29 Å². The first-order valence-electron chi connectivity index (χ1n) is 4.87. The summed E-state index contributed by atoms with van der Waals surface area (Å²) in [5.74, 6) is 0.531. The van der Waals surface area contributed by atoms with Gasteiger partial charge in [0.1, 0.15) is 0 Å². The molecular formula is C12H11N2O2-. The molecule has 2 rings (SSSR count). The summed E-state index contributed by atoms with van der Waals surface area (Å²) >= 11 is 0. The third-order valence-corrected chi connectivity index (χ3v) is 2.25. The van der Waals surface area contributed by atoms with Gasteiger partial charge in [0, 0.05) is 11.9 Å². The zero-order valence-corrected chi connectivity index (χ0v) is 8.86. The molecule has 4 heteroatoms. The van der Waals surface area contributed by atoms with Gasteiger partial charge in [-0.25, -0.2) is 4.99 Å². The molecule has 0 radical (unpaired) electrons. The molecule has 1 aliphatic rings. The number of aliphatic imine (C=N–C) groups is 1. The minimum absolute atomic E-state index is 0.189. The van der Waals surface area contributed by atoms with E-state index in [1.807, 2.05) is 30.6 Å². The van der Waals surface area contributed by atoms with E-state index in [9.17, 15) is 4.79 Å². The van der Waals surface area contributed by atoms with Crippen molar-refractivity contribution in [3.63, 3.8) is 0 Å². The number of benzene rings is 1. The smallest absolute Gasteiger partial charge is 0.222 e. The Morgan fingerprint density at radius 1 is 1.44 bits per heavy atom. The van der Waals surface area contributed by atoms with Gasteiger partial charge in [-0.15, -0.1) is 6.42 Å². The molecule has 4 nitrogen and oxygen atoms in total. The van der Waals surface area contributed by atoms with Gasteiger partial charge >= 0.3 is 0 Å². The van der Waals surface area contributed by atoms with Gasteiger partial charge in [0.15, 0.2) is 0 Å². The van der Waals surface area contributed by atoms with Crippen LogP contribution >= 0.6 is 0 Å². The molecule has 0 spiro atoms. The van der Waals surface area contributed by atoms with E-state index in [2.05, 4.69) is 10.3 Å². The number of hydrogen-bond acceptors (Lipinski definition) is 4. The van der Waals surface area contributed by atoms with Crippen molar-refractivity contribution in [1.29, 1.82) is 0 Å². The highest BCUT2D eigenvalue weighted by molar-refractivity contribution is 6.00. The zero-order valence-electron chi connectivity index (χ0n) is 8.86. The standard InChI is InChI=1S/C12H11N2O2/c1-16-12-10-4-2-3-5-11(10)14-9(6-7-15)8-13-12/h2-5,8,14H,6H2,1H3/q-1. The molecule has 16 heavy (non-hydrogen) atoms. The van der Waals surface area contributed by atoms with Crippen molar-refractivity contribution >= 4 is 17.9 Å². The van der Waals surface area contributed by atoms with Crippen LogP contribution in [0.1, 0.15) is 12.0 Å². The highest BCUT2D eigenvalue weighted by Crippen LogP contribution is 2.22. The van der Waals surface area contributed by atoms with Crippen LogP contribution in [0.5, 0.6) is 0 Å². The summed E-state index contributed by atoms with van der Waals surface area (Å²) in [5, 5.41) is 3.13. The molecule has 0 fully saturated rings. The number of nitrogens with one attached hydrogen (secondary N) is 1. The van der Waals surface area contributed by atoms with Crippen LogP contribution in [0.2, 0.25) is 0 Å². The van der Waals surface area contributed by atoms with Crippen LogP contribution in [0, 0.1) is 0 Å². The summed E-state index contributed by atoms with van der Waals surface area (Å²) in [7, 11) is 1.57. The van der Waals surface area contributed by atoms with Crippen molar-refractivity contribution in [1.82, 2.24) is 0 Å². The average Bonchev–Trinajstić information content (AvgIpc) is 2.48. The van der Waals surface area contributed by atoms with Gasteiger partial charge in [-0.1, -0.05) is 12.1 Å². The predicted octanol–water partition coefficient (Wildman–Crippen LogP) is 1.85. The van der Waals surface area contributed by atoms with E-state index in [0.29, 0.717) is 11.6 Å². The average molecular weight is 215 g/mol. The Hall–Kier alpha value is -2.10. The number of rotatable bonds is 2. The highest BCUT2D eigenvalue weighted by atomic mass is 16.5. The number of para-hydroxylation sites is 1. The van der Waals surface area contributed by atoms with Crippen LogP contribution < -0.4 is 5.32 Å². The Morgan fingerprint density at radius 2 is 2.25 bits per heavy atom. The lowest BCUT2D eigenvalue weighted by Gasteiger charge is -2.12. The zero-order chi connectivity index (χ0) is 11.4. The molecule has 1 aliphatic heterocycles. The minimum Gasteiger partial charge on any atom is -0.541 e. The van der Waals surface area contributed by atoms with Crippen molar-refractivity contribution in [3.8, 4) is 0 Å². The molecule has 0 bridgehead atoms. The number of ether oxygens (including phenoxy) is 1. The van der Waals surface area contributed by atoms with E-state index in [1.54, 1.807) is 13.3 Å². The third kappa shape index (κ3) is 1.95. The molecular weight excluding hydrogens is 204 g/mol. The molecule has 0 saturated carbocycles. The monoisotopic (exact) mass is 215 g/mol. The molecule has 1 aromatic carbocycles. The predicted molar refractivity (Wildman–Crippen MR) is 62.0 cm³/mol. The van der Waals surface area contributed by atoms with Gasteiger partial charge in [0.2, 0.25) is 5.90 Å². The van der Waals surface area contributed by atoms with Crippen molar-refractivity contribution in [2.75, 3.05) is 12.4 Å². The molecule has 1 heterocycles. The molecule has 1 aromatic rings. The molecule has 0 aromatic heterocycles. The van der Waals surface area contributed by atoms with Gasteiger partial charge in [0.05, 0.1) is 18.4 Å². The summed E-state index contributed by atoms with van der Waals surface area (Å²) in [6, 6.07) is 7.64. The number of methoxy groups -OCH3 is 1. The normalized spacial score (nSPS) is 13.8. The minimum atomic E-state index is 0.189. The SMILES string of the molecule is COC1=NC=C(C[C-]=O)Nc2ccccc21. The number of anilines is 1. The van der Waals surface area contributed by atoms with Crippen LogP contribution in [0.3, 0.4) is 0 Å². The van der Waals surface area contributed by atoms with E-state index >= 15 is 0 Å². The Labute approximate surface area is 93.6 Å². The Bertz CT molecular complexity index is 464. The maximum Gasteiger partial charge on any atom is 0.222 e. The highest BCUT2D eigenvalue weighted by Gasteiger charge is 2.11. The summed E-state index contributed by atoms with van der Waals surface area (Å²) in [6.07, 6.45) is 3.61. The molecule has 0 saturated heterocycles. The van der Waals surface area contributed by atoms with E-state index < -0.39 is 0 Å². The lowest BCUT2D eigenvalue weighted by molar-refractivity contribution is 0.405. The van der Waals surface area contributed by atoms with Crippen LogP contribution in [0.4, 0.5) is 5.69 Å². The van der Waals surface area contributed by atoms with Gasteiger partial charge < -0.3 is 14.8 Å². The van der Waals surface area contributed by atoms with Crippen LogP contribution in [0.15, 0.2) is 41.2 Å². The topological polar surface area (TPSA) is 50.7 Å². The fourth-order valence-corrected chi connectivity index (χ4v) is 1.52. The fraction of sp³-hybridized carbons (Fsp3) is 0.167. The van der Waals surface area contributed by atoms with Gasteiger partial charge in [0.25, 0.3) is 0 Å². The van der Waals surface area contributed by atoms with Gasteiger partial charge in [-0.2, -0.15) is 0 Å². The molecule has 0 amide bonds. The number of fused-ring (bicyclic) bond motifs is 1. The van der Waals surface area contributed by atoms with Crippen molar-refractivity contribution in [2.45, 2.75) is 6.42 Å². The first-order valence-corrected chi connectivity index (χ1v) is 4.87. The molecule has 0 aliphatic carbocycles. The Morgan fingerprint density at radius 3 is 3.00 bits per heavy atom. The maximum absolute atomic E-state index is 10.4. The lowest BCUT2D eigenvalue weighted by Crippen LogP contribution is -2.06.